The first-order chi connectivity index (χ1) is 17.3. The molecule has 1 aliphatic heterocycles. The van der Waals surface area contributed by atoms with E-state index in [2.05, 4.69) is 5.32 Å². The first-order valence-electron chi connectivity index (χ1n) is 12.0. The summed E-state index contributed by atoms with van der Waals surface area (Å²) in [7, 11) is 0. The van der Waals surface area contributed by atoms with Crippen LogP contribution in [0.15, 0.2) is 54.6 Å². The summed E-state index contributed by atoms with van der Waals surface area (Å²) in [5, 5.41) is 12.7. The monoisotopic (exact) mass is 495 g/mol. The van der Waals surface area contributed by atoms with Gasteiger partial charge >= 0.3 is 12.1 Å². The molecule has 1 aromatic heterocycles. The van der Waals surface area contributed by atoms with Gasteiger partial charge in [0.05, 0.1) is 18.2 Å². The van der Waals surface area contributed by atoms with Gasteiger partial charge < -0.3 is 19.1 Å². The Morgan fingerprint density at radius 3 is 2.61 bits per heavy atom. The number of nitrogens with one attached hydrogen (secondary N) is 1. The zero-order chi connectivity index (χ0) is 25.7. The predicted octanol–water partition coefficient (Wildman–Crippen LogP) is 5.02. The first kappa shape index (κ1) is 25.4. The molecule has 2 N–H and O–H groups in total. The van der Waals surface area contributed by atoms with Crippen molar-refractivity contribution in [2.45, 2.75) is 64.4 Å². The van der Waals surface area contributed by atoms with Gasteiger partial charge in [0.2, 0.25) is 0 Å². The van der Waals surface area contributed by atoms with Gasteiger partial charge in [0, 0.05) is 24.9 Å². The summed E-state index contributed by atoms with van der Waals surface area (Å²) in [6.07, 6.45) is -0.988. The van der Waals surface area contributed by atoms with E-state index in [9.17, 15) is 19.1 Å². The lowest BCUT2D eigenvalue weighted by molar-refractivity contribution is -0.160. The van der Waals surface area contributed by atoms with E-state index in [-0.39, 0.29) is 24.8 Å². The summed E-state index contributed by atoms with van der Waals surface area (Å²) in [4.78, 5) is 29.1. The van der Waals surface area contributed by atoms with E-state index in [0.717, 1.165) is 11.3 Å². The van der Waals surface area contributed by atoms with Crippen LogP contribution in [0.4, 0.5) is 15.0 Å². The van der Waals surface area contributed by atoms with E-state index in [4.69, 9.17) is 14.5 Å². The van der Waals surface area contributed by atoms with Crippen molar-refractivity contribution in [1.82, 2.24) is 9.55 Å². The number of amides is 1. The Bertz CT molecular complexity index is 1190. The Morgan fingerprint density at radius 1 is 1.22 bits per heavy atom. The number of aliphatic hydroxyl groups is 1. The number of cyclic esters (lactones) is 1. The number of rotatable bonds is 8. The van der Waals surface area contributed by atoms with Gasteiger partial charge in [-0.3, -0.25) is 10.1 Å². The molecule has 0 spiro atoms. The van der Waals surface area contributed by atoms with Crippen LogP contribution in [-0.4, -0.2) is 38.9 Å². The molecule has 0 radical (unpaired) electrons. The highest BCUT2D eigenvalue weighted by atomic mass is 19.1. The van der Waals surface area contributed by atoms with Gasteiger partial charge in [-0.25, -0.2) is 14.2 Å². The van der Waals surface area contributed by atoms with Crippen molar-refractivity contribution in [3.63, 3.8) is 0 Å². The Labute approximate surface area is 209 Å². The molecule has 9 heteroatoms. The number of imidazole rings is 1. The summed E-state index contributed by atoms with van der Waals surface area (Å²) in [5.74, 6) is 0.0704. The van der Waals surface area contributed by atoms with Crippen molar-refractivity contribution in [3.05, 3.63) is 71.7 Å². The van der Waals surface area contributed by atoms with Crippen LogP contribution in [0.2, 0.25) is 0 Å². The number of anilines is 1. The molecule has 1 amide bonds. The van der Waals surface area contributed by atoms with Gasteiger partial charge in [0.15, 0.2) is 5.82 Å². The Morgan fingerprint density at radius 2 is 1.94 bits per heavy atom. The minimum absolute atomic E-state index is 0.00118. The molecule has 4 rings (SSSR count). The quantitative estimate of drug-likeness (QED) is 0.426. The summed E-state index contributed by atoms with van der Waals surface area (Å²) in [6.45, 7) is 4.49. The molecule has 0 saturated carbocycles. The summed E-state index contributed by atoms with van der Waals surface area (Å²) in [5.41, 5.74) is 2.29. The van der Waals surface area contributed by atoms with Crippen LogP contribution in [0.5, 0.6) is 0 Å². The fourth-order valence-electron chi connectivity index (χ4n) is 4.36. The van der Waals surface area contributed by atoms with Gasteiger partial charge in [-0.1, -0.05) is 44.2 Å². The Balaban J connectivity index is 1.60. The third-order valence-electron chi connectivity index (χ3n) is 6.00. The number of aliphatic hydroxyl groups excluding tert-OH is 1. The van der Waals surface area contributed by atoms with Crippen LogP contribution in [0.25, 0.3) is 11.4 Å². The maximum atomic E-state index is 13.6. The van der Waals surface area contributed by atoms with Crippen LogP contribution in [0, 0.1) is 5.82 Å². The summed E-state index contributed by atoms with van der Waals surface area (Å²) >= 11 is 0. The molecule has 0 bridgehead atoms. The van der Waals surface area contributed by atoms with Crippen molar-refractivity contribution < 1.29 is 28.6 Å². The fourth-order valence-corrected chi connectivity index (χ4v) is 4.36. The second kappa shape index (κ2) is 11.3. The zero-order valence-electron chi connectivity index (χ0n) is 20.3. The van der Waals surface area contributed by atoms with Crippen molar-refractivity contribution in [1.29, 1.82) is 0 Å². The number of carbonyl (C=O) groups is 2. The first-order valence-corrected chi connectivity index (χ1v) is 12.0. The lowest BCUT2D eigenvalue weighted by Gasteiger charge is -2.26. The fraction of sp³-hybridized carbons (Fsp3) is 0.370. The van der Waals surface area contributed by atoms with E-state index >= 15 is 0 Å². The second-order valence-electron chi connectivity index (χ2n) is 9.16. The highest BCUT2D eigenvalue weighted by Gasteiger charge is 2.29. The maximum Gasteiger partial charge on any atom is 0.413 e. The lowest BCUT2D eigenvalue weighted by Crippen LogP contribution is -2.33. The van der Waals surface area contributed by atoms with Crippen LogP contribution in [-0.2, 0) is 27.4 Å². The smallest absolute Gasteiger partial charge is 0.413 e. The zero-order valence-corrected chi connectivity index (χ0v) is 20.3. The molecule has 8 nitrogen and oxygen atoms in total. The Hall–Kier alpha value is -3.72. The average molecular weight is 496 g/mol. The lowest BCUT2D eigenvalue weighted by atomic mass is 10.0. The van der Waals surface area contributed by atoms with E-state index in [0.29, 0.717) is 36.6 Å². The summed E-state index contributed by atoms with van der Waals surface area (Å²) < 4.78 is 26.3. The molecule has 1 fully saturated rings. The third kappa shape index (κ3) is 6.28. The van der Waals surface area contributed by atoms with Crippen LogP contribution in [0.1, 0.15) is 50.3 Å². The summed E-state index contributed by atoms with van der Waals surface area (Å²) in [6, 6.07) is 15.3. The number of ether oxygens (including phenoxy) is 2. The van der Waals surface area contributed by atoms with Crippen LogP contribution in [0.3, 0.4) is 0 Å². The second-order valence-corrected chi connectivity index (χ2v) is 9.16. The average Bonchev–Trinajstić information content (AvgIpc) is 3.20. The van der Waals surface area contributed by atoms with Crippen LogP contribution >= 0.6 is 0 Å². The van der Waals surface area contributed by atoms with Gasteiger partial charge in [0.1, 0.15) is 24.4 Å². The number of halogens is 1. The number of hydrogen-bond donors (Lipinski definition) is 2. The van der Waals surface area contributed by atoms with Crippen molar-refractivity contribution in [2.75, 3.05) is 5.32 Å². The van der Waals surface area contributed by atoms with Crippen molar-refractivity contribution in [2.24, 2.45) is 0 Å². The van der Waals surface area contributed by atoms with E-state index in [1.807, 2.05) is 48.7 Å². The molecule has 1 aliphatic rings. The highest BCUT2D eigenvalue weighted by molar-refractivity contribution is 5.85. The number of esters is 1. The largest absolute Gasteiger partial charge is 0.462 e. The topological polar surface area (TPSA) is 103 Å². The van der Waals surface area contributed by atoms with E-state index in [1.165, 1.54) is 12.1 Å². The molecule has 2 atom stereocenters. The minimum Gasteiger partial charge on any atom is -0.462 e. The molecular formula is C27H30FN3O5. The number of carbonyl (C=O) groups excluding carboxylic acids is 2. The van der Waals surface area contributed by atoms with E-state index < -0.39 is 24.3 Å². The third-order valence-corrected chi connectivity index (χ3v) is 6.00. The number of nitrogens with zero attached hydrogens (tertiary/aromatic N) is 2. The predicted molar refractivity (Wildman–Crippen MR) is 132 cm³/mol. The molecule has 0 unspecified atom stereocenters. The minimum atomic E-state index is -0.725. The van der Waals surface area contributed by atoms with Gasteiger partial charge in [-0.2, -0.15) is 0 Å². The number of aromatic nitrogens is 2. The number of benzene rings is 2. The molecule has 36 heavy (non-hydrogen) atoms. The van der Waals surface area contributed by atoms with Gasteiger partial charge in [0.25, 0.3) is 0 Å². The molecular weight excluding hydrogens is 465 g/mol. The number of hydrogen-bond acceptors (Lipinski definition) is 6. The SMILES string of the molecule is CC(C)c1c(NC(=O)OCc2ccccc2)nc(-c2ccc(F)cc2)n1CC[C@@H]1C[C@@H](O)CC(=O)O1. The molecule has 0 aliphatic carbocycles. The molecule has 1 saturated heterocycles. The highest BCUT2D eigenvalue weighted by Crippen LogP contribution is 2.32. The normalized spacial score (nSPS) is 17.6. The van der Waals surface area contributed by atoms with Crippen molar-refractivity contribution >= 4 is 17.9 Å². The van der Waals surface area contributed by atoms with Gasteiger partial charge in [-0.15, -0.1) is 0 Å². The van der Waals surface area contributed by atoms with Crippen LogP contribution < -0.4 is 5.32 Å². The molecule has 2 aromatic carbocycles. The van der Waals surface area contributed by atoms with Crippen molar-refractivity contribution in [3.8, 4) is 11.4 Å². The molecule has 190 valence electrons. The Kier molecular flexibility index (Phi) is 8.00. The van der Waals surface area contributed by atoms with Gasteiger partial charge in [-0.05, 0) is 35.7 Å². The maximum absolute atomic E-state index is 13.6. The standard InChI is InChI=1S/C27H30FN3O5/c1-17(2)24-25(30-27(34)35-16-18-6-4-3-5-7-18)29-26(19-8-10-20(28)11-9-19)31(24)13-12-22-14-21(32)15-23(33)36-22/h3-11,17,21-22,32H,12-16H2,1-2H3,(H,30,34)/t21-,22-/m1/s1. The van der Waals surface area contributed by atoms with E-state index in [1.54, 1.807) is 12.1 Å². The molecule has 2 heterocycles. The molecule has 3 aromatic rings.